The van der Waals surface area contributed by atoms with Gasteiger partial charge in [-0.05, 0) is 41.6 Å². The highest BCUT2D eigenvalue weighted by Gasteiger charge is 2.25. The molecule has 0 radical (unpaired) electrons. The first-order chi connectivity index (χ1) is 15.6. The van der Waals surface area contributed by atoms with E-state index in [0.717, 1.165) is 55.2 Å². The van der Waals surface area contributed by atoms with Gasteiger partial charge in [0, 0.05) is 43.2 Å². The molecule has 1 aliphatic rings. The van der Waals surface area contributed by atoms with Gasteiger partial charge in [0.05, 0.1) is 5.39 Å². The summed E-state index contributed by atoms with van der Waals surface area (Å²) >= 11 is 8.08. The molecule has 0 atom stereocenters. The summed E-state index contributed by atoms with van der Waals surface area (Å²) in [6.45, 7) is 9.21. The quantitative estimate of drug-likeness (QED) is 0.330. The van der Waals surface area contributed by atoms with E-state index < -0.39 is 0 Å². The second kappa shape index (κ2) is 9.18. The van der Waals surface area contributed by atoms with E-state index >= 15 is 0 Å². The first-order valence-electron chi connectivity index (χ1n) is 11.2. The van der Waals surface area contributed by atoms with Crippen molar-refractivity contribution >= 4 is 39.0 Å². The molecular weight excluding hydrogens is 436 g/mol. The SMILES string of the molecule is CCc1ccc(-c2c(C)sc3nc(Cl)nc(N4CCN(Cc5ccccc5)CC4)c23)cc1. The number of hydrogen-bond acceptors (Lipinski definition) is 5. The molecule has 4 aromatic rings. The zero-order valence-corrected chi connectivity index (χ0v) is 20.1. The topological polar surface area (TPSA) is 32.3 Å². The minimum absolute atomic E-state index is 0.327. The Morgan fingerprint density at radius 2 is 1.62 bits per heavy atom. The third-order valence-electron chi connectivity index (χ3n) is 6.25. The van der Waals surface area contributed by atoms with Crippen LogP contribution in [0.3, 0.4) is 0 Å². The van der Waals surface area contributed by atoms with Gasteiger partial charge in [0.15, 0.2) is 0 Å². The van der Waals surface area contributed by atoms with Gasteiger partial charge in [-0.15, -0.1) is 11.3 Å². The predicted octanol–water partition coefficient (Wildman–Crippen LogP) is 6.20. The summed E-state index contributed by atoms with van der Waals surface area (Å²) in [6, 6.07) is 19.6. The van der Waals surface area contributed by atoms with Gasteiger partial charge in [-0.1, -0.05) is 61.5 Å². The van der Waals surface area contributed by atoms with Crippen LogP contribution in [-0.2, 0) is 13.0 Å². The lowest BCUT2D eigenvalue weighted by Crippen LogP contribution is -2.46. The molecule has 1 fully saturated rings. The van der Waals surface area contributed by atoms with Crippen LogP contribution in [0.25, 0.3) is 21.3 Å². The molecule has 5 rings (SSSR count). The first kappa shape index (κ1) is 21.4. The number of thiophene rings is 1. The van der Waals surface area contributed by atoms with Crippen molar-refractivity contribution in [2.24, 2.45) is 0 Å². The van der Waals surface area contributed by atoms with E-state index in [1.807, 2.05) is 0 Å². The van der Waals surface area contributed by atoms with E-state index in [1.54, 1.807) is 11.3 Å². The summed E-state index contributed by atoms with van der Waals surface area (Å²) in [5.41, 5.74) is 5.17. The molecule has 32 heavy (non-hydrogen) atoms. The molecule has 0 unspecified atom stereocenters. The van der Waals surface area contributed by atoms with E-state index in [-0.39, 0.29) is 0 Å². The van der Waals surface area contributed by atoms with Crippen molar-refractivity contribution in [1.29, 1.82) is 0 Å². The van der Waals surface area contributed by atoms with Gasteiger partial charge in [0.2, 0.25) is 5.28 Å². The van der Waals surface area contributed by atoms with Crippen LogP contribution < -0.4 is 4.90 Å². The minimum atomic E-state index is 0.327. The smallest absolute Gasteiger partial charge is 0.225 e. The predicted molar refractivity (Wildman–Crippen MR) is 136 cm³/mol. The fourth-order valence-corrected chi connectivity index (χ4v) is 5.77. The summed E-state index contributed by atoms with van der Waals surface area (Å²) in [5.74, 6) is 0.971. The molecule has 0 amide bonds. The van der Waals surface area contributed by atoms with Crippen LogP contribution in [0.4, 0.5) is 5.82 Å². The Labute approximate surface area is 198 Å². The van der Waals surface area contributed by atoms with E-state index in [2.05, 4.69) is 83.2 Å². The largest absolute Gasteiger partial charge is 0.353 e. The summed E-state index contributed by atoms with van der Waals surface area (Å²) in [6.07, 6.45) is 1.04. The number of aromatic nitrogens is 2. The molecule has 0 bridgehead atoms. The van der Waals surface area contributed by atoms with Gasteiger partial charge in [-0.25, -0.2) is 4.98 Å². The fraction of sp³-hybridized carbons (Fsp3) is 0.308. The van der Waals surface area contributed by atoms with Crippen molar-refractivity contribution in [2.45, 2.75) is 26.8 Å². The lowest BCUT2D eigenvalue weighted by molar-refractivity contribution is 0.249. The van der Waals surface area contributed by atoms with E-state index in [1.165, 1.54) is 27.1 Å². The van der Waals surface area contributed by atoms with E-state index in [9.17, 15) is 0 Å². The van der Waals surface area contributed by atoms with Crippen molar-refractivity contribution in [3.63, 3.8) is 0 Å². The number of aryl methyl sites for hydroxylation is 2. The van der Waals surface area contributed by atoms with Crippen molar-refractivity contribution in [3.05, 3.63) is 75.9 Å². The van der Waals surface area contributed by atoms with Crippen molar-refractivity contribution < 1.29 is 0 Å². The second-order valence-corrected chi connectivity index (χ2v) is 9.87. The van der Waals surface area contributed by atoms with Gasteiger partial charge in [0.25, 0.3) is 0 Å². The summed E-state index contributed by atoms with van der Waals surface area (Å²) in [4.78, 5) is 16.4. The average Bonchev–Trinajstić information content (AvgIpc) is 3.15. The summed E-state index contributed by atoms with van der Waals surface area (Å²) < 4.78 is 0. The molecule has 0 N–H and O–H groups in total. The number of benzene rings is 2. The van der Waals surface area contributed by atoms with Crippen molar-refractivity contribution in [3.8, 4) is 11.1 Å². The van der Waals surface area contributed by atoms with Crippen molar-refractivity contribution in [2.75, 3.05) is 31.1 Å². The Hall–Kier alpha value is -2.47. The Balaban J connectivity index is 1.46. The van der Waals surface area contributed by atoms with Gasteiger partial charge >= 0.3 is 0 Å². The standard InChI is InChI=1S/C26H27ClN4S/c1-3-19-9-11-21(12-10-19)22-18(2)32-25-23(22)24(28-26(27)29-25)31-15-13-30(14-16-31)17-20-7-5-4-6-8-20/h4-12H,3,13-17H2,1-2H3. The van der Waals surface area contributed by atoms with E-state index in [4.69, 9.17) is 16.6 Å². The fourth-order valence-electron chi connectivity index (χ4n) is 4.51. The maximum atomic E-state index is 6.37. The number of rotatable bonds is 5. The normalized spacial score (nSPS) is 14.9. The number of fused-ring (bicyclic) bond motifs is 1. The Kier molecular flexibility index (Phi) is 6.13. The monoisotopic (exact) mass is 462 g/mol. The molecule has 164 valence electrons. The highest BCUT2D eigenvalue weighted by molar-refractivity contribution is 7.19. The van der Waals surface area contributed by atoms with Gasteiger partial charge in [-0.2, -0.15) is 4.98 Å². The number of halogens is 1. The van der Waals surface area contributed by atoms with Crippen LogP contribution in [0.5, 0.6) is 0 Å². The molecule has 3 heterocycles. The van der Waals surface area contributed by atoms with Crippen molar-refractivity contribution in [1.82, 2.24) is 14.9 Å². The van der Waals surface area contributed by atoms with Crippen LogP contribution in [0, 0.1) is 6.92 Å². The van der Waals surface area contributed by atoms with E-state index in [0.29, 0.717) is 5.28 Å². The Bertz CT molecular complexity index is 1210. The highest BCUT2D eigenvalue weighted by atomic mass is 35.5. The zero-order valence-electron chi connectivity index (χ0n) is 18.5. The van der Waals surface area contributed by atoms with Crippen LogP contribution in [0.15, 0.2) is 54.6 Å². The Morgan fingerprint density at radius 3 is 2.31 bits per heavy atom. The third kappa shape index (κ3) is 4.25. The molecule has 0 saturated carbocycles. The first-order valence-corrected chi connectivity index (χ1v) is 12.4. The van der Waals surface area contributed by atoms with Gasteiger partial charge in [-0.3, -0.25) is 4.90 Å². The molecule has 2 aromatic carbocycles. The second-order valence-electron chi connectivity index (χ2n) is 8.33. The van der Waals surface area contributed by atoms with Gasteiger partial charge in [0.1, 0.15) is 10.6 Å². The zero-order chi connectivity index (χ0) is 22.1. The number of piperazine rings is 1. The maximum absolute atomic E-state index is 6.37. The van der Waals surface area contributed by atoms with Gasteiger partial charge < -0.3 is 4.90 Å². The molecule has 6 heteroatoms. The molecular formula is C26H27ClN4S. The van der Waals surface area contributed by atoms with Crippen LogP contribution in [-0.4, -0.2) is 41.0 Å². The van der Waals surface area contributed by atoms with Crippen LogP contribution >= 0.6 is 22.9 Å². The molecule has 1 aliphatic heterocycles. The summed E-state index contributed by atoms with van der Waals surface area (Å²) in [7, 11) is 0. The highest BCUT2D eigenvalue weighted by Crippen LogP contribution is 2.42. The molecule has 1 saturated heterocycles. The van der Waals surface area contributed by atoms with Crippen LogP contribution in [0.2, 0.25) is 5.28 Å². The molecule has 4 nitrogen and oxygen atoms in total. The lowest BCUT2D eigenvalue weighted by atomic mass is 10.0. The number of anilines is 1. The lowest BCUT2D eigenvalue weighted by Gasteiger charge is -2.35. The van der Waals surface area contributed by atoms with Crippen LogP contribution in [0.1, 0.15) is 22.9 Å². The summed E-state index contributed by atoms with van der Waals surface area (Å²) in [5, 5.41) is 1.46. The number of hydrogen-bond donors (Lipinski definition) is 0. The Morgan fingerprint density at radius 1 is 0.906 bits per heavy atom. The number of nitrogens with zero attached hydrogens (tertiary/aromatic N) is 4. The maximum Gasteiger partial charge on any atom is 0.225 e. The molecule has 0 spiro atoms. The molecule has 2 aromatic heterocycles. The third-order valence-corrected chi connectivity index (χ3v) is 7.42. The molecule has 0 aliphatic carbocycles. The minimum Gasteiger partial charge on any atom is -0.353 e. The average molecular weight is 463 g/mol.